The van der Waals surface area contributed by atoms with Crippen molar-refractivity contribution in [3.05, 3.63) is 77.9 Å². The van der Waals surface area contributed by atoms with Gasteiger partial charge in [-0.15, -0.1) is 0 Å². The van der Waals surface area contributed by atoms with Gasteiger partial charge < -0.3 is 4.74 Å². The average molecular weight is 423 g/mol. The molecule has 0 saturated carbocycles. The second-order valence-electron chi connectivity index (χ2n) is 7.63. The van der Waals surface area contributed by atoms with Gasteiger partial charge in [0, 0.05) is 6.54 Å². The minimum absolute atomic E-state index is 0.101. The molecule has 0 unspecified atom stereocenters. The Bertz CT molecular complexity index is 1120. The van der Waals surface area contributed by atoms with Gasteiger partial charge in [0.1, 0.15) is 5.41 Å². The zero-order chi connectivity index (χ0) is 21.4. The highest BCUT2D eigenvalue weighted by molar-refractivity contribution is 7.89. The van der Waals surface area contributed by atoms with Crippen molar-refractivity contribution in [2.45, 2.75) is 23.8 Å². The molecule has 2 aliphatic rings. The summed E-state index contributed by atoms with van der Waals surface area (Å²) >= 11 is 0. The van der Waals surface area contributed by atoms with Crippen LogP contribution in [0, 0.1) is 22.7 Å². The van der Waals surface area contributed by atoms with Crippen LogP contribution < -0.4 is 0 Å². The SMILES string of the molecule is COC(=O)c1ccc([C@@H]2N(S(=O)(=O)c3ccccc3)C[C@H]3CCC=C[C@]32C#N)cc1. The van der Waals surface area contributed by atoms with Crippen molar-refractivity contribution in [1.29, 1.82) is 5.26 Å². The smallest absolute Gasteiger partial charge is 0.337 e. The van der Waals surface area contributed by atoms with E-state index in [9.17, 15) is 18.5 Å². The third-order valence-electron chi connectivity index (χ3n) is 6.08. The number of sulfonamides is 1. The Morgan fingerprint density at radius 3 is 2.50 bits per heavy atom. The number of carbonyl (C=O) groups is 1. The Kier molecular flexibility index (Phi) is 5.22. The zero-order valence-electron chi connectivity index (χ0n) is 16.6. The van der Waals surface area contributed by atoms with Gasteiger partial charge >= 0.3 is 5.97 Å². The summed E-state index contributed by atoms with van der Waals surface area (Å²) < 4.78 is 33.3. The maximum absolute atomic E-state index is 13.6. The molecule has 30 heavy (non-hydrogen) atoms. The highest BCUT2D eigenvalue weighted by atomic mass is 32.2. The number of carbonyl (C=O) groups excluding carboxylic acids is 1. The molecule has 1 fully saturated rings. The second kappa shape index (κ2) is 7.71. The molecular weight excluding hydrogens is 400 g/mol. The first-order chi connectivity index (χ1) is 14.4. The van der Waals surface area contributed by atoms with Gasteiger partial charge in [0.05, 0.1) is 29.7 Å². The lowest BCUT2D eigenvalue weighted by Crippen LogP contribution is -2.35. The third-order valence-corrected chi connectivity index (χ3v) is 7.93. The summed E-state index contributed by atoms with van der Waals surface area (Å²) in [5, 5.41) is 10.2. The number of nitriles is 1. The van der Waals surface area contributed by atoms with Crippen molar-refractivity contribution >= 4 is 16.0 Å². The van der Waals surface area contributed by atoms with Crippen LogP contribution in [0.2, 0.25) is 0 Å². The largest absolute Gasteiger partial charge is 0.465 e. The van der Waals surface area contributed by atoms with Crippen LogP contribution in [0.25, 0.3) is 0 Å². The minimum atomic E-state index is -3.82. The highest BCUT2D eigenvalue weighted by Crippen LogP contribution is 2.56. The van der Waals surface area contributed by atoms with Crippen molar-refractivity contribution in [1.82, 2.24) is 4.31 Å². The van der Waals surface area contributed by atoms with E-state index in [0.29, 0.717) is 11.1 Å². The fraction of sp³-hybridized carbons (Fsp3) is 0.304. The van der Waals surface area contributed by atoms with Crippen molar-refractivity contribution in [2.24, 2.45) is 11.3 Å². The standard InChI is InChI=1S/C23H22N2O4S/c1-29-22(26)18-12-10-17(11-13-18)21-23(16-24)14-6-5-7-19(23)15-25(21)30(27,28)20-8-3-2-4-9-20/h2-4,6,8-14,19,21H,5,7,15H2,1H3/t19-,21+,23+/m1/s1. The average Bonchev–Trinajstić information content (AvgIpc) is 3.15. The van der Waals surface area contributed by atoms with Gasteiger partial charge in [-0.2, -0.15) is 9.57 Å². The molecule has 4 rings (SSSR count). The fourth-order valence-electron chi connectivity index (χ4n) is 4.58. The lowest BCUT2D eigenvalue weighted by atomic mass is 9.68. The number of methoxy groups -OCH3 is 1. The molecule has 0 amide bonds. The van der Waals surface area contributed by atoms with Gasteiger partial charge in [-0.1, -0.05) is 42.5 Å². The Morgan fingerprint density at radius 1 is 1.17 bits per heavy atom. The number of hydrogen-bond acceptors (Lipinski definition) is 5. The van der Waals surface area contributed by atoms with Crippen LogP contribution >= 0.6 is 0 Å². The molecule has 0 bridgehead atoms. The second-order valence-corrected chi connectivity index (χ2v) is 9.52. The van der Waals surface area contributed by atoms with E-state index < -0.39 is 27.4 Å². The van der Waals surface area contributed by atoms with E-state index in [4.69, 9.17) is 4.74 Å². The first kappa shape index (κ1) is 20.3. The summed E-state index contributed by atoms with van der Waals surface area (Å²) in [6, 6.07) is 16.7. The molecular formula is C23H22N2O4S. The maximum Gasteiger partial charge on any atom is 0.337 e. The summed E-state index contributed by atoms with van der Waals surface area (Å²) in [7, 11) is -2.51. The zero-order valence-corrected chi connectivity index (χ0v) is 17.4. The van der Waals surface area contributed by atoms with E-state index >= 15 is 0 Å². The van der Waals surface area contributed by atoms with Gasteiger partial charge in [-0.3, -0.25) is 0 Å². The van der Waals surface area contributed by atoms with Crippen LogP contribution in [0.1, 0.15) is 34.8 Å². The van der Waals surface area contributed by atoms with Crippen molar-refractivity contribution < 1.29 is 17.9 Å². The summed E-state index contributed by atoms with van der Waals surface area (Å²) in [6.07, 6.45) is 5.41. The molecule has 2 aromatic rings. The maximum atomic E-state index is 13.6. The van der Waals surface area contributed by atoms with Gasteiger partial charge in [0.15, 0.2) is 0 Å². The van der Waals surface area contributed by atoms with Gasteiger partial charge in [0.2, 0.25) is 10.0 Å². The molecule has 7 heteroatoms. The van der Waals surface area contributed by atoms with E-state index in [1.165, 1.54) is 11.4 Å². The lowest BCUT2D eigenvalue weighted by Gasteiger charge is -2.34. The van der Waals surface area contributed by atoms with E-state index in [0.717, 1.165) is 12.8 Å². The Hall–Kier alpha value is -2.95. The topological polar surface area (TPSA) is 87.5 Å². The van der Waals surface area contributed by atoms with Crippen LogP contribution in [0.3, 0.4) is 0 Å². The number of hydrogen-bond donors (Lipinski definition) is 0. The van der Waals surface area contributed by atoms with Gasteiger partial charge in [-0.25, -0.2) is 13.2 Å². The monoisotopic (exact) mass is 422 g/mol. The van der Waals surface area contributed by atoms with Crippen LogP contribution in [-0.4, -0.2) is 32.3 Å². The van der Waals surface area contributed by atoms with Gasteiger partial charge in [-0.05, 0) is 48.6 Å². The predicted octanol–water partition coefficient (Wildman–Crippen LogP) is 3.69. The Morgan fingerprint density at radius 2 is 1.87 bits per heavy atom. The predicted molar refractivity (Wildman–Crippen MR) is 111 cm³/mol. The number of esters is 1. The molecule has 1 saturated heterocycles. The summed E-state index contributed by atoms with van der Waals surface area (Å²) in [4.78, 5) is 12.0. The van der Waals surface area contributed by atoms with Crippen LogP contribution in [0.4, 0.5) is 0 Å². The number of allylic oxidation sites excluding steroid dienone is 1. The number of ether oxygens (including phenoxy) is 1. The Balaban J connectivity index is 1.85. The molecule has 1 aliphatic heterocycles. The quantitative estimate of drug-likeness (QED) is 0.554. The molecule has 6 nitrogen and oxygen atoms in total. The molecule has 154 valence electrons. The number of nitrogens with zero attached hydrogens (tertiary/aromatic N) is 2. The van der Waals surface area contributed by atoms with E-state index in [-0.39, 0.29) is 17.4 Å². The number of rotatable bonds is 4. The first-order valence-electron chi connectivity index (χ1n) is 9.78. The first-order valence-corrected chi connectivity index (χ1v) is 11.2. The van der Waals surface area contributed by atoms with Crippen LogP contribution in [0.5, 0.6) is 0 Å². The van der Waals surface area contributed by atoms with Crippen LogP contribution in [0.15, 0.2) is 71.6 Å². The molecule has 0 spiro atoms. The third kappa shape index (κ3) is 3.13. The van der Waals surface area contributed by atoms with Crippen molar-refractivity contribution in [2.75, 3.05) is 13.7 Å². The molecule has 3 atom stereocenters. The van der Waals surface area contributed by atoms with E-state index in [2.05, 4.69) is 6.07 Å². The molecule has 2 aromatic carbocycles. The molecule has 0 aromatic heterocycles. The fourth-order valence-corrected chi connectivity index (χ4v) is 6.31. The summed E-state index contributed by atoms with van der Waals surface area (Å²) in [6.45, 7) is 0.276. The lowest BCUT2D eigenvalue weighted by molar-refractivity contribution is 0.0600. The van der Waals surface area contributed by atoms with E-state index in [1.807, 2.05) is 12.2 Å². The number of fused-ring (bicyclic) bond motifs is 1. The summed E-state index contributed by atoms with van der Waals surface area (Å²) in [5.74, 6) is -0.566. The normalized spacial score (nSPS) is 26.0. The molecule has 1 aliphatic carbocycles. The summed E-state index contributed by atoms with van der Waals surface area (Å²) in [5.41, 5.74) is 0.101. The Labute approximate surface area is 176 Å². The molecule has 0 radical (unpaired) electrons. The van der Waals surface area contributed by atoms with Crippen molar-refractivity contribution in [3.63, 3.8) is 0 Å². The van der Waals surface area contributed by atoms with Gasteiger partial charge in [0.25, 0.3) is 0 Å². The molecule has 1 heterocycles. The molecule has 0 N–H and O–H groups in total. The highest BCUT2D eigenvalue weighted by Gasteiger charge is 2.57. The van der Waals surface area contributed by atoms with Crippen LogP contribution in [-0.2, 0) is 14.8 Å². The minimum Gasteiger partial charge on any atom is -0.465 e. The number of benzene rings is 2. The van der Waals surface area contributed by atoms with E-state index in [1.54, 1.807) is 54.6 Å². The van der Waals surface area contributed by atoms with Crippen molar-refractivity contribution in [3.8, 4) is 6.07 Å².